The highest BCUT2D eigenvalue weighted by Gasteiger charge is 2.23. The van der Waals surface area contributed by atoms with Crippen LogP contribution in [0, 0.1) is 6.92 Å². The summed E-state index contributed by atoms with van der Waals surface area (Å²) in [4.78, 5) is 11.0. The summed E-state index contributed by atoms with van der Waals surface area (Å²) in [6.07, 6.45) is 1.25. The number of nitrogens with zero attached hydrogens (tertiary/aromatic N) is 1. The Bertz CT molecular complexity index is 808. The van der Waals surface area contributed by atoms with E-state index in [9.17, 15) is 13.2 Å². The van der Waals surface area contributed by atoms with Gasteiger partial charge < -0.3 is 9.63 Å². The number of aromatic carboxylic acids is 1. The summed E-state index contributed by atoms with van der Waals surface area (Å²) in [5.41, 5.74) is 0.661. The highest BCUT2D eigenvalue weighted by Crippen LogP contribution is 2.27. The molecule has 22 heavy (non-hydrogen) atoms. The summed E-state index contributed by atoms with van der Waals surface area (Å²) in [5, 5.41) is 12.6. The lowest BCUT2D eigenvalue weighted by Gasteiger charge is -2.14. The van der Waals surface area contributed by atoms with Crippen LogP contribution in [0.25, 0.3) is 0 Å². The lowest BCUT2D eigenvalue weighted by Crippen LogP contribution is -2.16. The van der Waals surface area contributed by atoms with E-state index >= 15 is 0 Å². The van der Waals surface area contributed by atoms with Gasteiger partial charge in [0.2, 0.25) is 0 Å². The normalized spacial score (nSPS) is 11.6. The molecule has 0 amide bonds. The predicted octanol–water partition coefficient (Wildman–Crippen LogP) is 2.61. The summed E-state index contributed by atoms with van der Waals surface area (Å²) in [6, 6.07) is 4.06. The lowest BCUT2D eigenvalue weighted by molar-refractivity contribution is 0.0696. The molecule has 0 radical (unpaired) electrons. The van der Waals surface area contributed by atoms with E-state index in [1.165, 1.54) is 18.3 Å². The van der Waals surface area contributed by atoms with Crippen LogP contribution in [0.1, 0.15) is 41.4 Å². The third-order valence-electron chi connectivity index (χ3n) is 3.17. The van der Waals surface area contributed by atoms with Gasteiger partial charge in [0.25, 0.3) is 10.0 Å². The number of anilines is 1. The van der Waals surface area contributed by atoms with Crippen LogP contribution in [0.15, 0.2) is 33.8 Å². The van der Waals surface area contributed by atoms with Gasteiger partial charge in [0, 0.05) is 0 Å². The zero-order chi connectivity index (χ0) is 16.5. The highest BCUT2D eigenvalue weighted by atomic mass is 32.2. The molecule has 0 saturated carbocycles. The monoisotopic (exact) mass is 324 g/mol. The molecule has 1 aromatic carbocycles. The first-order chi connectivity index (χ1) is 10.2. The van der Waals surface area contributed by atoms with Gasteiger partial charge in [-0.1, -0.05) is 25.1 Å². The number of hydrogen-bond donors (Lipinski definition) is 2. The smallest absolute Gasteiger partial charge is 0.335 e. The van der Waals surface area contributed by atoms with Crippen LogP contribution in [0.4, 0.5) is 5.69 Å². The fourth-order valence-corrected chi connectivity index (χ4v) is 3.47. The molecule has 0 fully saturated rings. The average Bonchev–Trinajstić information content (AvgIpc) is 2.82. The minimum Gasteiger partial charge on any atom is -0.478 e. The maximum absolute atomic E-state index is 12.6. The maximum Gasteiger partial charge on any atom is 0.335 e. The van der Waals surface area contributed by atoms with Crippen LogP contribution < -0.4 is 4.72 Å². The number of rotatable bonds is 5. The standard InChI is InChI=1S/C14H16N2O5S/c1-8(2)11-5-4-10(14(17)18)6-13(11)22(19,20)16-12-7-15-21-9(12)3/h4-8,16H,1-3H3,(H,17,18). The number of aryl methyl sites for hydroxylation is 1. The number of carboxylic acids is 1. The minimum absolute atomic E-state index is 0.0667. The van der Waals surface area contributed by atoms with Crippen molar-refractivity contribution in [2.24, 2.45) is 0 Å². The van der Waals surface area contributed by atoms with Crippen molar-refractivity contribution in [3.05, 3.63) is 41.3 Å². The van der Waals surface area contributed by atoms with E-state index in [1.54, 1.807) is 6.92 Å². The van der Waals surface area contributed by atoms with E-state index in [4.69, 9.17) is 9.63 Å². The molecule has 8 heteroatoms. The first-order valence-electron chi connectivity index (χ1n) is 6.53. The van der Waals surface area contributed by atoms with Gasteiger partial charge in [-0.05, 0) is 30.5 Å². The Morgan fingerprint density at radius 3 is 2.55 bits per heavy atom. The first kappa shape index (κ1) is 16.0. The molecular formula is C14H16N2O5S. The molecule has 1 aromatic heterocycles. The molecule has 2 aromatic rings. The molecule has 0 spiro atoms. The molecule has 0 saturated heterocycles. The van der Waals surface area contributed by atoms with Crippen LogP contribution in [-0.2, 0) is 10.0 Å². The molecule has 0 unspecified atom stereocenters. The van der Waals surface area contributed by atoms with Gasteiger partial charge in [-0.2, -0.15) is 0 Å². The topological polar surface area (TPSA) is 110 Å². The van der Waals surface area contributed by atoms with Crippen LogP contribution in [0.3, 0.4) is 0 Å². The number of sulfonamides is 1. The second-order valence-corrected chi connectivity index (χ2v) is 6.76. The number of benzene rings is 1. The largest absolute Gasteiger partial charge is 0.478 e. The summed E-state index contributed by atoms with van der Waals surface area (Å²) < 4.78 is 32.3. The molecule has 2 rings (SSSR count). The van der Waals surface area contributed by atoms with E-state index in [0.717, 1.165) is 6.07 Å². The van der Waals surface area contributed by atoms with Gasteiger partial charge >= 0.3 is 5.97 Å². The Morgan fingerprint density at radius 2 is 2.05 bits per heavy atom. The van der Waals surface area contributed by atoms with E-state index in [1.807, 2.05) is 13.8 Å². The van der Waals surface area contributed by atoms with Gasteiger partial charge in [-0.25, -0.2) is 13.2 Å². The van der Waals surface area contributed by atoms with Crippen LogP contribution >= 0.6 is 0 Å². The summed E-state index contributed by atoms with van der Waals surface area (Å²) in [6.45, 7) is 5.24. The van der Waals surface area contributed by atoms with E-state index < -0.39 is 16.0 Å². The quantitative estimate of drug-likeness (QED) is 0.875. The van der Waals surface area contributed by atoms with Gasteiger partial charge in [0.15, 0.2) is 5.76 Å². The highest BCUT2D eigenvalue weighted by molar-refractivity contribution is 7.92. The summed E-state index contributed by atoms with van der Waals surface area (Å²) in [5.74, 6) is -0.949. The molecule has 0 atom stereocenters. The second-order valence-electron chi connectivity index (χ2n) is 5.11. The molecule has 0 aliphatic heterocycles. The third-order valence-corrected chi connectivity index (χ3v) is 4.59. The molecule has 118 valence electrons. The van der Waals surface area contributed by atoms with Crippen molar-refractivity contribution < 1.29 is 22.8 Å². The molecule has 0 aliphatic carbocycles. The zero-order valence-corrected chi connectivity index (χ0v) is 13.1. The van der Waals surface area contributed by atoms with E-state index in [-0.39, 0.29) is 22.1 Å². The number of aromatic nitrogens is 1. The summed E-state index contributed by atoms with van der Waals surface area (Å²) >= 11 is 0. The van der Waals surface area contributed by atoms with Crippen molar-refractivity contribution in [1.82, 2.24) is 5.16 Å². The molecular weight excluding hydrogens is 308 g/mol. The van der Waals surface area contributed by atoms with Gasteiger partial charge in [-0.3, -0.25) is 4.72 Å². The van der Waals surface area contributed by atoms with Crippen molar-refractivity contribution in [1.29, 1.82) is 0 Å². The Balaban J connectivity index is 2.55. The first-order valence-corrected chi connectivity index (χ1v) is 8.02. The minimum atomic E-state index is -3.95. The van der Waals surface area contributed by atoms with Crippen molar-refractivity contribution in [3.63, 3.8) is 0 Å². The number of carboxylic acid groups (broad SMARTS) is 1. The second kappa shape index (κ2) is 5.80. The Morgan fingerprint density at radius 1 is 1.36 bits per heavy atom. The van der Waals surface area contributed by atoms with Crippen molar-refractivity contribution in [2.45, 2.75) is 31.6 Å². The van der Waals surface area contributed by atoms with E-state index in [0.29, 0.717) is 11.3 Å². The van der Waals surface area contributed by atoms with Crippen molar-refractivity contribution in [3.8, 4) is 0 Å². The van der Waals surface area contributed by atoms with Crippen LogP contribution in [0.5, 0.6) is 0 Å². The Labute approximate surface area is 128 Å². The van der Waals surface area contributed by atoms with Crippen LogP contribution in [0.2, 0.25) is 0 Å². The van der Waals surface area contributed by atoms with Gasteiger partial charge in [0.05, 0.1) is 16.7 Å². The lowest BCUT2D eigenvalue weighted by atomic mass is 10.0. The van der Waals surface area contributed by atoms with Crippen molar-refractivity contribution in [2.75, 3.05) is 4.72 Å². The SMILES string of the molecule is Cc1oncc1NS(=O)(=O)c1cc(C(=O)O)ccc1C(C)C. The molecule has 0 aliphatic rings. The molecule has 0 bridgehead atoms. The summed E-state index contributed by atoms with van der Waals surface area (Å²) in [7, 11) is -3.95. The average molecular weight is 324 g/mol. The molecule has 1 heterocycles. The predicted molar refractivity (Wildman–Crippen MR) is 79.5 cm³/mol. The van der Waals surface area contributed by atoms with Crippen LogP contribution in [-0.4, -0.2) is 24.7 Å². The van der Waals surface area contributed by atoms with E-state index in [2.05, 4.69) is 9.88 Å². The fraction of sp³-hybridized carbons (Fsp3) is 0.286. The molecule has 7 nitrogen and oxygen atoms in total. The number of hydrogen-bond acceptors (Lipinski definition) is 5. The number of carbonyl (C=O) groups is 1. The Kier molecular flexibility index (Phi) is 4.23. The fourth-order valence-electron chi connectivity index (χ4n) is 1.97. The van der Waals surface area contributed by atoms with Crippen molar-refractivity contribution >= 4 is 21.7 Å². The maximum atomic E-state index is 12.6. The third kappa shape index (κ3) is 3.11. The Hall–Kier alpha value is -2.35. The van der Waals surface area contributed by atoms with Gasteiger partial charge in [-0.15, -0.1) is 0 Å². The molecule has 2 N–H and O–H groups in total. The number of nitrogens with one attached hydrogen (secondary N) is 1. The zero-order valence-electron chi connectivity index (χ0n) is 12.3. The van der Waals surface area contributed by atoms with Gasteiger partial charge in [0.1, 0.15) is 5.69 Å².